The van der Waals surface area contributed by atoms with E-state index in [-0.39, 0.29) is 22.8 Å². The predicted molar refractivity (Wildman–Crippen MR) is 139 cm³/mol. The maximum atomic E-state index is 13.0. The summed E-state index contributed by atoms with van der Waals surface area (Å²) < 4.78 is 26.0. The van der Waals surface area contributed by atoms with Gasteiger partial charge in [0.25, 0.3) is 0 Å². The molecule has 5 heteroatoms. The second kappa shape index (κ2) is 8.42. The van der Waals surface area contributed by atoms with Gasteiger partial charge in [-0.3, -0.25) is 9.79 Å². The molecule has 4 fully saturated rings. The van der Waals surface area contributed by atoms with Gasteiger partial charge >= 0.3 is 0 Å². The van der Waals surface area contributed by atoms with Crippen molar-refractivity contribution in [3.05, 3.63) is 23.8 Å². The second-order valence-corrected chi connectivity index (χ2v) is 15.1. The van der Waals surface area contributed by atoms with E-state index in [4.69, 9.17) is 4.99 Å². The molecule has 5 aliphatic rings. The number of fused-ring (bicyclic) bond motifs is 5. The molecule has 0 bridgehead atoms. The van der Waals surface area contributed by atoms with Gasteiger partial charge in [-0.1, -0.05) is 38.5 Å². The van der Waals surface area contributed by atoms with E-state index < -0.39 is 15.4 Å². The molecule has 0 aromatic heterocycles. The Kier molecular flexibility index (Phi) is 6.06. The molecule has 34 heavy (non-hydrogen) atoms. The topological polar surface area (TPSA) is 63.6 Å². The van der Waals surface area contributed by atoms with Crippen LogP contribution in [-0.2, 0) is 14.6 Å². The normalized spacial score (nSPS) is 46.3. The third-order valence-corrected chi connectivity index (χ3v) is 13.0. The van der Waals surface area contributed by atoms with Crippen molar-refractivity contribution in [2.45, 2.75) is 91.0 Å². The van der Waals surface area contributed by atoms with Crippen LogP contribution in [0.1, 0.15) is 85.5 Å². The van der Waals surface area contributed by atoms with Crippen LogP contribution in [0, 0.1) is 40.4 Å². The van der Waals surface area contributed by atoms with Crippen molar-refractivity contribution in [2.24, 2.45) is 45.4 Å². The fourth-order valence-corrected chi connectivity index (χ4v) is 10.8. The molecule has 0 aromatic carbocycles. The van der Waals surface area contributed by atoms with Crippen molar-refractivity contribution < 1.29 is 13.2 Å². The van der Waals surface area contributed by atoms with Gasteiger partial charge in [-0.05, 0) is 98.4 Å². The fourth-order valence-electron chi connectivity index (χ4n) is 9.55. The van der Waals surface area contributed by atoms with E-state index in [2.05, 4.69) is 32.9 Å². The number of hydrogen-bond acceptors (Lipinski definition) is 4. The van der Waals surface area contributed by atoms with E-state index in [0.29, 0.717) is 34.9 Å². The molecule has 5 rings (SSSR count). The van der Waals surface area contributed by atoms with E-state index in [9.17, 15) is 13.2 Å². The third-order valence-electron chi connectivity index (χ3n) is 11.2. The maximum absolute atomic E-state index is 13.0. The Morgan fingerprint density at radius 3 is 2.56 bits per heavy atom. The molecule has 4 aliphatic carbocycles. The number of allylic oxidation sites excluding steroid dienone is 3. The molecule has 4 nitrogen and oxygen atoms in total. The highest BCUT2D eigenvalue weighted by molar-refractivity contribution is 7.91. The molecule has 3 unspecified atom stereocenters. The van der Waals surface area contributed by atoms with Gasteiger partial charge in [0.05, 0.1) is 11.3 Å². The van der Waals surface area contributed by atoms with Gasteiger partial charge < -0.3 is 0 Å². The first-order chi connectivity index (χ1) is 16.0. The van der Waals surface area contributed by atoms with Gasteiger partial charge in [0.1, 0.15) is 5.78 Å². The van der Waals surface area contributed by atoms with Gasteiger partial charge in [0, 0.05) is 24.8 Å². The van der Waals surface area contributed by atoms with Crippen molar-refractivity contribution in [3.63, 3.8) is 0 Å². The smallest absolute Gasteiger partial charge is 0.152 e. The Balaban J connectivity index is 1.50. The van der Waals surface area contributed by atoms with Crippen LogP contribution >= 0.6 is 0 Å². The minimum atomic E-state index is -3.19. The average molecular weight is 486 g/mol. The Hall–Kier alpha value is -1.23. The monoisotopic (exact) mass is 485 g/mol. The average Bonchev–Trinajstić information content (AvgIpc) is 3.04. The zero-order valence-corrected chi connectivity index (χ0v) is 22.4. The number of Topliss-reactive ketones (excluding diaryl/α,β-unsaturated/α-hetero) is 1. The van der Waals surface area contributed by atoms with Crippen LogP contribution in [0.5, 0.6) is 0 Å². The summed E-state index contributed by atoms with van der Waals surface area (Å²) in [7, 11) is -3.19. The maximum Gasteiger partial charge on any atom is 0.152 e. The van der Waals surface area contributed by atoms with Gasteiger partial charge in [-0.15, -0.1) is 0 Å². The Morgan fingerprint density at radius 1 is 1.03 bits per heavy atom. The van der Waals surface area contributed by atoms with Crippen LogP contribution in [-0.4, -0.2) is 37.5 Å². The van der Waals surface area contributed by atoms with Crippen molar-refractivity contribution in [2.75, 3.05) is 11.5 Å². The number of hydrogen-bond donors (Lipinski definition) is 0. The standard InChI is InChI=1S/C29H43NO3S/c1-5-34(32,33)19-29(18-20(2)7-6-16-30-29)26-11-10-24-23-9-8-21-17-22(31)12-14-27(21,3)25(23)13-15-28(24,26)4/h6-7,16,18,21,23-26H,5,8-15,17,19H2,1-4H3/t21?,23-,24-,25-,26?,27-,28-,29?/m0/s1. The first-order valence-electron chi connectivity index (χ1n) is 13.7. The quantitative estimate of drug-likeness (QED) is 0.492. The molecule has 1 heterocycles. The van der Waals surface area contributed by atoms with Gasteiger partial charge in [0.15, 0.2) is 9.84 Å². The van der Waals surface area contributed by atoms with Crippen LogP contribution < -0.4 is 0 Å². The highest BCUT2D eigenvalue weighted by atomic mass is 32.2. The SMILES string of the molecule is CCS(=O)(=O)CC1(C2CC[C@H]3[C@@H]4CCC5CC(=O)CC[C@]5(C)[C@H]4CC[C@]23C)C=C(C)C=CC=N1. The molecular formula is C29H43NO3S. The molecule has 0 spiro atoms. The van der Waals surface area contributed by atoms with E-state index in [1.165, 1.54) is 25.7 Å². The first kappa shape index (κ1) is 24.5. The number of rotatable bonds is 4. The first-order valence-corrected chi connectivity index (χ1v) is 15.5. The van der Waals surface area contributed by atoms with Crippen LogP contribution in [0.3, 0.4) is 0 Å². The summed E-state index contributed by atoms with van der Waals surface area (Å²) in [6.07, 6.45) is 17.8. The number of carbonyl (C=O) groups excluding carboxylic acids is 1. The highest BCUT2D eigenvalue weighted by Crippen LogP contribution is 2.69. The Bertz CT molecular complexity index is 1040. The van der Waals surface area contributed by atoms with Crippen LogP contribution in [0.2, 0.25) is 0 Å². The van der Waals surface area contributed by atoms with E-state index in [1.807, 2.05) is 12.3 Å². The molecular weight excluding hydrogens is 442 g/mol. The molecule has 8 atom stereocenters. The number of nitrogens with zero attached hydrogens (tertiary/aromatic N) is 1. The van der Waals surface area contributed by atoms with E-state index >= 15 is 0 Å². The lowest BCUT2D eigenvalue weighted by atomic mass is 9.44. The lowest BCUT2D eigenvalue weighted by Crippen LogP contribution is -2.56. The van der Waals surface area contributed by atoms with Crippen molar-refractivity contribution in [3.8, 4) is 0 Å². The Labute approximate surface area is 206 Å². The van der Waals surface area contributed by atoms with Gasteiger partial charge in [-0.25, -0.2) is 8.42 Å². The van der Waals surface area contributed by atoms with Gasteiger partial charge in [-0.2, -0.15) is 0 Å². The summed E-state index contributed by atoms with van der Waals surface area (Å²) in [6, 6.07) is 0. The minimum Gasteiger partial charge on any atom is -0.300 e. The summed E-state index contributed by atoms with van der Waals surface area (Å²) in [4.78, 5) is 17.3. The highest BCUT2D eigenvalue weighted by Gasteiger charge is 2.63. The number of sulfone groups is 1. The molecule has 0 saturated heterocycles. The fraction of sp³-hybridized carbons (Fsp3) is 0.793. The number of ketones is 1. The van der Waals surface area contributed by atoms with Crippen molar-refractivity contribution in [1.82, 2.24) is 0 Å². The summed E-state index contributed by atoms with van der Waals surface area (Å²) in [5.41, 5.74) is 0.859. The van der Waals surface area contributed by atoms with Crippen LogP contribution in [0.15, 0.2) is 28.8 Å². The molecule has 0 aromatic rings. The lowest BCUT2D eigenvalue weighted by Gasteiger charge is -2.61. The molecule has 1 aliphatic heterocycles. The molecule has 188 valence electrons. The largest absolute Gasteiger partial charge is 0.300 e. The van der Waals surface area contributed by atoms with Crippen molar-refractivity contribution >= 4 is 21.8 Å². The number of carbonyl (C=O) groups is 1. The van der Waals surface area contributed by atoms with Crippen LogP contribution in [0.25, 0.3) is 0 Å². The molecule has 4 saturated carbocycles. The minimum absolute atomic E-state index is 0.108. The third kappa shape index (κ3) is 3.79. The predicted octanol–water partition coefficient (Wildman–Crippen LogP) is 5.97. The molecule has 0 radical (unpaired) electrons. The molecule has 0 N–H and O–H groups in total. The summed E-state index contributed by atoms with van der Waals surface area (Å²) >= 11 is 0. The van der Waals surface area contributed by atoms with Gasteiger partial charge in [0.2, 0.25) is 0 Å². The molecule has 0 amide bonds. The second-order valence-electron chi connectivity index (χ2n) is 12.8. The summed E-state index contributed by atoms with van der Waals surface area (Å²) in [5.74, 6) is 3.63. The summed E-state index contributed by atoms with van der Waals surface area (Å²) in [6.45, 7) is 8.81. The van der Waals surface area contributed by atoms with E-state index in [1.54, 1.807) is 6.92 Å². The lowest BCUT2D eigenvalue weighted by molar-refractivity contribution is -0.140. The zero-order chi connectivity index (χ0) is 24.4. The zero-order valence-electron chi connectivity index (χ0n) is 21.6. The van der Waals surface area contributed by atoms with Crippen LogP contribution in [0.4, 0.5) is 0 Å². The van der Waals surface area contributed by atoms with E-state index in [0.717, 1.165) is 37.7 Å². The summed E-state index contributed by atoms with van der Waals surface area (Å²) in [5, 5.41) is 0. The Morgan fingerprint density at radius 2 is 1.79 bits per heavy atom. The number of aliphatic imine (C=N–C) groups is 1. The van der Waals surface area contributed by atoms with Crippen molar-refractivity contribution in [1.29, 1.82) is 0 Å².